The van der Waals surface area contributed by atoms with Gasteiger partial charge in [0.15, 0.2) is 0 Å². The van der Waals surface area contributed by atoms with Crippen LogP contribution in [0.25, 0.3) is 0 Å². The predicted molar refractivity (Wildman–Crippen MR) is 61.7 cm³/mol. The van der Waals surface area contributed by atoms with Crippen molar-refractivity contribution in [1.29, 1.82) is 0 Å². The van der Waals surface area contributed by atoms with E-state index in [2.05, 4.69) is 10.3 Å². The molecule has 1 aromatic heterocycles. The molecule has 0 spiro atoms. The van der Waals surface area contributed by atoms with E-state index in [0.717, 1.165) is 25.2 Å². The van der Waals surface area contributed by atoms with Crippen LogP contribution in [-0.2, 0) is 11.3 Å². The number of nitrogens with one attached hydrogen (secondary N) is 1. The zero-order chi connectivity index (χ0) is 11.4. The highest BCUT2D eigenvalue weighted by Gasteiger charge is 2.26. The molecule has 0 radical (unpaired) electrons. The molecule has 1 aliphatic heterocycles. The van der Waals surface area contributed by atoms with E-state index in [9.17, 15) is 4.79 Å². The first-order valence-electron chi connectivity index (χ1n) is 5.73. The summed E-state index contributed by atoms with van der Waals surface area (Å²) in [6.07, 6.45) is 2.61. The van der Waals surface area contributed by atoms with Gasteiger partial charge in [-0.1, -0.05) is 13.0 Å². The average Bonchev–Trinajstić information content (AvgIpc) is 2.33. The molecule has 1 amide bonds. The van der Waals surface area contributed by atoms with E-state index in [1.54, 1.807) is 6.20 Å². The lowest BCUT2D eigenvalue weighted by atomic mass is 10.1. The molecule has 86 valence electrons. The molecule has 1 unspecified atom stereocenters. The van der Waals surface area contributed by atoms with E-state index in [-0.39, 0.29) is 11.9 Å². The van der Waals surface area contributed by atoms with Gasteiger partial charge in [0.05, 0.1) is 18.3 Å². The highest BCUT2D eigenvalue weighted by molar-refractivity contribution is 5.82. The summed E-state index contributed by atoms with van der Waals surface area (Å²) in [4.78, 5) is 18.1. The molecule has 16 heavy (non-hydrogen) atoms. The summed E-state index contributed by atoms with van der Waals surface area (Å²) in [5.41, 5.74) is 0.951. The first kappa shape index (κ1) is 11.1. The summed E-state index contributed by atoms with van der Waals surface area (Å²) in [6.45, 7) is 4.29. The van der Waals surface area contributed by atoms with Gasteiger partial charge in [-0.05, 0) is 18.6 Å². The molecule has 1 atom stereocenters. The number of aromatic nitrogens is 1. The largest absolute Gasteiger partial charge is 0.334 e. The van der Waals surface area contributed by atoms with Crippen LogP contribution in [0.3, 0.4) is 0 Å². The molecular weight excluding hydrogens is 202 g/mol. The third-order valence-corrected chi connectivity index (χ3v) is 2.87. The Labute approximate surface area is 95.7 Å². The third-order valence-electron chi connectivity index (χ3n) is 2.87. The number of nitrogens with zero attached hydrogens (tertiary/aromatic N) is 2. The van der Waals surface area contributed by atoms with Gasteiger partial charge in [0, 0.05) is 19.3 Å². The molecule has 1 fully saturated rings. The van der Waals surface area contributed by atoms with Crippen molar-refractivity contribution in [3.8, 4) is 0 Å². The van der Waals surface area contributed by atoms with Crippen molar-refractivity contribution in [3.05, 3.63) is 30.1 Å². The maximum atomic E-state index is 12.0. The molecule has 4 heteroatoms. The van der Waals surface area contributed by atoms with Crippen LogP contribution in [-0.4, -0.2) is 34.9 Å². The Hall–Kier alpha value is -1.42. The number of hydrogen-bond acceptors (Lipinski definition) is 3. The fraction of sp³-hybridized carbons (Fsp3) is 0.500. The lowest BCUT2D eigenvalue weighted by molar-refractivity contribution is -0.136. The van der Waals surface area contributed by atoms with Crippen molar-refractivity contribution >= 4 is 5.91 Å². The summed E-state index contributed by atoms with van der Waals surface area (Å²) in [6, 6.07) is 5.78. The molecule has 1 aliphatic rings. The zero-order valence-electron chi connectivity index (χ0n) is 9.52. The van der Waals surface area contributed by atoms with Crippen molar-refractivity contribution in [1.82, 2.24) is 15.2 Å². The molecule has 2 heterocycles. The standard InChI is InChI=1S/C12H17N3O/c1-2-11-12(16)15(8-7-14-11)9-10-5-3-4-6-13-10/h3-6,11,14H,2,7-9H2,1H3. The summed E-state index contributed by atoms with van der Waals surface area (Å²) in [7, 11) is 0. The number of amides is 1. The fourth-order valence-corrected chi connectivity index (χ4v) is 1.95. The van der Waals surface area contributed by atoms with E-state index in [1.165, 1.54) is 0 Å². The lowest BCUT2D eigenvalue weighted by Crippen LogP contribution is -2.54. The molecule has 0 saturated carbocycles. The van der Waals surface area contributed by atoms with Gasteiger partial charge in [-0.25, -0.2) is 0 Å². The Kier molecular flexibility index (Phi) is 3.51. The maximum Gasteiger partial charge on any atom is 0.240 e. The number of piperazine rings is 1. The van der Waals surface area contributed by atoms with Gasteiger partial charge in [-0.2, -0.15) is 0 Å². The minimum atomic E-state index is -0.0162. The van der Waals surface area contributed by atoms with Crippen LogP contribution in [0.15, 0.2) is 24.4 Å². The van der Waals surface area contributed by atoms with Gasteiger partial charge in [0.1, 0.15) is 0 Å². The van der Waals surface area contributed by atoms with E-state index in [0.29, 0.717) is 6.54 Å². The molecule has 0 aromatic carbocycles. The second-order valence-corrected chi connectivity index (χ2v) is 4.00. The summed E-state index contributed by atoms with van der Waals surface area (Å²) in [5, 5.41) is 3.22. The maximum absolute atomic E-state index is 12.0. The van der Waals surface area contributed by atoms with Gasteiger partial charge in [-0.3, -0.25) is 9.78 Å². The second kappa shape index (κ2) is 5.07. The van der Waals surface area contributed by atoms with Crippen LogP contribution >= 0.6 is 0 Å². The first-order valence-corrected chi connectivity index (χ1v) is 5.73. The average molecular weight is 219 g/mol. The van der Waals surface area contributed by atoms with Gasteiger partial charge in [0.2, 0.25) is 5.91 Å². The Morgan fingerprint density at radius 1 is 1.56 bits per heavy atom. The smallest absolute Gasteiger partial charge is 0.240 e. The highest BCUT2D eigenvalue weighted by Crippen LogP contribution is 2.08. The highest BCUT2D eigenvalue weighted by atomic mass is 16.2. The van der Waals surface area contributed by atoms with Gasteiger partial charge < -0.3 is 10.2 Å². The Morgan fingerprint density at radius 3 is 3.12 bits per heavy atom. The summed E-state index contributed by atoms with van der Waals surface area (Å²) in [5.74, 6) is 0.194. The van der Waals surface area contributed by atoms with Crippen LogP contribution in [0.4, 0.5) is 0 Å². The topological polar surface area (TPSA) is 45.2 Å². The molecule has 0 aliphatic carbocycles. The van der Waals surface area contributed by atoms with Crippen molar-refractivity contribution in [3.63, 3.8) is 0 Å². The molecular formula is C12H17N3O. The first-order chi connectivity index (χ1) is 7.81. The van der Waals surface area contributed by atoms with Gasteiger partial charge in [-0.15, -0.1) is 0 Å². The quantitative estimate of drug-likeness (QED) is 0.817. The van der Waals surface area contributed by atoms with Crippen LogP contribution in [0.2, 0.25) is 0 Å². The zero-order valence-corrected chi connectivity index (χ0v) is 9.52. The number of carbonyl (C=O) groups is 1. The number of hydrogen-bond donors (Lipinski definition) is 1. The number of carbonyl (C=O) groups excluding carboxylic acids is 1. The Morgan fingerprint density at radius 2 is 2.44 bits per heavy atom. The van der Waals surface area contributed by atoms with E-state index in [1.807, 2.05) is 30.0 Å². The van der Waals surface area contributed by atoms with E-state index < -0.39 is 0 Å². The molecule has 2 rings (SSSR count). The minimum absolute atomic E-state index is 0.0162. The fourth-order valence-electron chi connectivity index (χ4n) is 1.95. The summed E-state index contributed by atoms with van der Waals surface area (Å²) < 4.78 is 0. The van der Waals surface area contributed by atoms with Crippen molar-refractivity contribution in [2.24, 2.45) is 0 Å². The second-order valence-electron chi connectivity index (χ2n) is 4.00. The van der Waals surface area contributed by atoms with Crippen LogP contribution < -0.4 is 5.32 Å². The lowest BCUT2D eigenvalue weighted by Gasteiger charge is -2.32. The van der Waals surface area contributed by atoms with E-state index in [4.69, 9.17) is 0 Å². The SMILES string of the molecule is CCC1NCCN(Cc2ccccn2)C1=O. The molecule has 4 nitrogen and oxygen atoms in total. The monoisotopic (exact) mass is 219 g/mol. The number of rotatable bonds is 3. The van der Waals surface area contributed by atoms with Gasteiger partial charge in [0.25, 0.3) is 0 Å². The van der Waals surface area contributed by atoms with Crippen molar-refractivity contribution in [2.45, 2.75) is 25.9 Å². The van der Waals surface area contributed by atoms with Crippen LogP contribution in [0, 0.1) is 0 Å². The van der Waals surface area contributed by atoms with E-state index >= 15 is 0 Å². The minimum Gasteiger partial charge on any atom is -0.334 e. The van der Waals surface area contributed by atoms with Crippen molar-refractivity contribution in [2.75, 3.05) is 13.1 Å². The van der Waals surface area contributed by atoms with Crippen molar-refractivity contribution < 1.29 is 4.79 Å². The molecule has 1 saturated heterocycles. The van der Waals surface area contributed by atoms with Gasteiger partial charge >= 0.3 is 0 Å². The van der Waals surface area contributed by atoms with Crippen LogP contribution in [0.5, 0.6) is 0 Å². The third kappa shape index (κ3) is 2.39. The molecule has 0 bridgehead atoms. The molecule has 1 N–H and O–H groups in total. The Bertz CT molecular complexity index is 353. The Balaban J connectivity index is 2.02. The molecule has 1 aromatic rings. The number of pyridine rings is 1. The van der Waals surface area contributed by atoms with Crippen LogP contribution in [0.1, 0.15) is 19.0 Å². The normalized spacial score (nSPS) is 21.2. The summed E-state index contributed by atoms with van der Waals surface area (Å²) >= 11 is 0. The predicted octanol–water partition coefficient (Wildman–Crippen LogP) is 0.792.